The third kappa shape index (κ3) is 5.88. The van der Waals surface area contributed by atoms with Crippen molar-refractivity contribution in [3.63, 3.8) is 0 Å². The minimum absolute atomic E-state index is 0.146. The molecule has 0 unspecified atom stereocenters. The summed E-state index contributed by atoms with van der Waals surface area (Å²) in [6.07, 6.45) is 0. The molecule has 1 aromatic heterocycles. The number of furan rings is 1. The minimum atomic E-state index is -0.632. The Balaban J connectivity index is 1.53. The zero-order valence-electron chi connectivity index (χ0n) is 18.0. The normalized spacial score (nSPS) is 10.5. The molecule has 31 heavy (non-hydrogen) atoms. The zero-order valence-corrected chi connectivity index (χ0v) is 18.0. The summed E-state index contributed by atoms with van der Waals surface area (Å²) < 4.78 is 21.5. The van der Waals surface area contributed by atoms with Crippen molar-refractivity contribution in [3.05, 3.63) is 76.7 Å². The molecule has 0 radical (unpaired) electrons. The third-order valence-electron chi connectivity index (χ3n) is 4.62. The van der Waals surface area contributed by atoms with E-state index in [1.807, 2.05) is 32.0 Å². The highest BCUT2D eigenvalue weighted by atomic mass is 16.5. The molecular formula is C24H25NO6. The van der Waals surface area contributed by atoms with Crippen LogP contribution in [-0.2, 0) is 16.1 Å². The largest absolute Gasteiger partial charge is 0.497 e. The SMILES string of the molecule is COc1ccc(OCc2cc(C(=O)OCC(=O)Nc3ccc(C)cc3C)c(C)o2)cc1. The number of benzene rings is 2. The van der Waals surface area contributed by atoms with Gasteiger partial charge in [0.05, 0.1) is 7.11 Å². The first-order valence-corrected chi connectivity index (χ1v) is 9.76. The van der Waals surface area contributed by atoms with Crippen LogP contribution >= 0.6 is 0 Å². The number of carbonyl (C=O) groups excluding carboxylic acids is 2. The molecule has 0 aliphatic rings. The smallest absolute Gasteiger partial charge is 0.342 e. The van der Waals surface area contributed by atoms with Crippen molar-refractivity contribution >= 4 is 17.6 Å². The summed E-state index contributed by atoms with van der Waals surface area (Å²) in [4.78, 5) is 24.5. The number of amides is 1. The molecule has 0 atom stereocenters. The number of carbonyl (C=O) groups is 2. The van der Waals surface area contributed by atoms with Gasteiger partial charge in [-0.05, 0) is 62.7 Å². The van der Waals surface area contributed by atoms with Gasteiger partial charge >= 0.3 is 5.97 Å². The van der Waals surface area contributed by atoms with Crippen LogP contribution in [0.4, 0.5) is 5.69 Å². The van der Waals surface area contributed by atoms with Gasteiger partial charge in [0.25, 0.3) is 5.91 Å². The van der Waals surface area contributed by atoms with E-state index in [0.717, 1.165) is 16.9 Å². The summed E-state index contributed by atoms with van der Waals surface area (Å²) in [5, 5.41) is 2.74. The topological polar surface area (TPSA) is 87.0 Å². The van der Waals surface area contributed by atoms with Crippen LogP contribution in [0.25, 0.3) is 0 Å². The van der Waals surface area contributed by atoms with E-state index < -0.39 is 18.5 Å². The monoisotopic (exact) mass is 423 g/mol. The molecule has 2 aromatic carbocycles. The number of rotatable bonds is 8. The van der Waals surface area contributed by atoms with E-state index in [9.17, 15) is 9.59 Å². The van der Waals surface area contributed by atoms with Crippen molar-refractivity contribution in [2.45, 2.75) is 27.4 Å². The van der Waals surface area contributed by atoms with Crippen LogP contribution in [0.3, 0.4) is 0 Å². The highest BCUT2D eigenvalue weighted by Gasteiger charge is 2.18. The van der Waals surface area contributed by atoms with Crippen LogP contribution in [-0.4, -0.2) is 25.6 Å². The first kappa shape index (κ1) is 22.0. The highest BCUT2D eigenvalue weighted by molar-refractivity contribution is 5.96. The summed E-state index contributed by atoms with van der Waals surface area (Å²) in [5.74, 6) is 1.19. The average molecular weight is 423 g/mol. The van der Waals surface area contributed by atoms with Gasteiger partial charge in [0.2, 0.25) is 0 Å². The van der Waals surface area contributed by atoms with Crippen molar-refractivity contribution in [2.24, 2.45) is 0 Å². The maximum absolute atomic E-state index is 12.4. The van der Waals surface area contributed by atoms with Gasteiger partial charge in [-0.2, -0.15) is 0 Å². The number of methoxy groups -OCH3 is 1. The molecule has 7 heteroatoms. The number of anilines is 1. The van der Waals surface area contributed by atoms with Crippen molar-refractivity contribution < 1.29 is 28.2 Å². The van der Waals surface area contributed by atoms with Crippen molar-refractivity contribution in [3.8, 4) is 11.5 Å². The Labute approximate surface area is 180 Å². The number of hydrogen-bond donors (Lipinski definition) is 1. The van der Waals surface area contributed by atoms with Crippen LogP contribution in [0.1, 0.15) is 33.0 Å². The van der Waals surface area contributed by atoms with Gasteiger partial charge in [-0.25, -0.2) is 4.79 Å². The number of nitrogens with one attached hydrogen (secondary N) is 1. The van der Waals surface area contributed by atoms with Crippen LogP contribution < -0.4 is 14.8 Å². The minimum Gasteiger partial charge on any atom is -0.497 e. The molecular weight excluding hydrogens is 398 g/mol. The second kappa shape index (κ2) is 9.84. The lowest BCUT2D eigenvalue weighted by Crippen LogP contribution is -2.21. The van der Waals surface area contributed by atoms with Crippen molar-refractivity contribution in [1.29, 1.82) is 0 Å². The van der Waals surface area contributed by atoms with Gasteiger partial charge in [-0.15, -0.1) is 0 Å². The van der Waals surface area contributed by atoms with Crippen molar-refractivity contribution in [1.82, 2.24) is 0 Å². The summed E-state index contributed by atoms with van der Waals surface area (Å²) in [6.45, 7) is 5.29. The van der Waals surface area contributed by atoms with E-state index in [4.69, 9.17) is 18.6 Å². The number of esters is 1. The lowest BCUT2D eigenvalue weighted by molar-refractivity contribution is -0.119. The summed E-state index contributed by atoms with van der Waals surface area (Å²) >= 11 is 0. The maximum Gasteiger partial charge on any atom is 0.342 e. The Hall–Kier alpha value is -3.74. The Bertz CT molecular complexity index is 1070. The van der Waals surface area contributed by atoms with Crippen LogP contribution in [0.15, 0.2) is 52.9 Å². The first-order chi connectivity index (χ1) is 14.9. The van der Waals surface area contributed by atoms with Gasteiger partial charge in [0.15, 0.2) is 6.61 Å². The van der Waals surface area contributed by atoms with E-state index in [0.29, 0.717) is 23.0 Å². The lowest BCUT2D eigenvalue weighted by atomic mass is 10.1. The highest BCUT2D eigenvalue weighted by Crippen LogP contribution is 2.21. The molecule has 0 fully saturated rings. The average Bonchev–Trinajstić information content (AvgIpc) is 3.13. The molecule has 0 saturated heterocycles. The lowest BCUT2D eigenvalue weighted by Gasteiger charge is -2.09. The molecule has 1 amide bonds. The fraction of sp³-hybridized carbons (Fsp3) is 0.250. The molecule has 3 aromatic rings. The van der Waals surface area contributed by atoms with Crippen LogP contribution in [0, 0.1) is 20.8 Å². The van der Waals surface area contributed by atoms with E-state index in [1.54, 1.807) is 44.4 Å². The molecule has 1 heterocycles. The second-order valence-corrected chi connectivity index (χ2v) is 7.09. The maximum atomic E-state index is 12.4. The van der Waals surface area contributed by atoms with Gasteiger partial charge in [0, 0.05) is 5.69 Å². The van der Waals surface area contributed by atoms with E-state index in [1.165, 1.54) is 0 Å². The number of aryl methyl sites for hydroxylation is 3. The van der Waals surface area contributed by atoms with Crippen molar-refractivity contribution in [2.75, 3.05) is 19.0 Å². The van der Waals surface area contributed by atoms with E-state index in [2.05, 4.69) is 5.32 Å². The summed E-state index contributed by atoms with van der Waals surface area (Å²) in [6, 6.07) is 14.4. The predicted octanol–water partition coefficient (Wildman–Crippen LogP) is 4.59. The number of hydrogen-bond acceptors (Lipinski definition) is 6. The molecule has 0 aliphatic heterocycles. The third-order valence-corrected chi connectivity index (χ3v) is 4.62. The van der Waals surface area contributed by atoms with Gasteiger partial charge in [-0.1, -0.05) is 17.7 Å². The fourth-order valence-corrected chi connectivity index (χ4v) is 2.99. The Morgan fingerprint density at radius 3 is 2.35 bits per heavy atom. The first-order valence-electron chi connectivity index (χ1n) is 9.76. The Morgan fingerprint density at radius 2 is 1.68 bits per heavy atom. The van der Waals surface area contributed by atoms with Gasteiger partial charge in [0.1, 0.15) is 35.2 Å². The van der Waals surface area contributed by atoms with E-state index in [-0.39, 0.29) is 12.2 Å². The van der Waals surface area contributed by atoms with Gasteiger partial charge in [-0.3, -0.25) is 4.79 Å². The molecule has 7 nitrogen and oxygen atoms in total. The van der Waals surface area contributed by atoms with Crippen LogP contribution in [0.5, 0.6) is 11.5 Å². The molecule has 0 bridgehead atoms. The van der Waals surface area contributed by atoms with E-state index >= 15 is 0 Å². The van der Waals surface area contributed by atoms with Crippen LogP contribution in [0.2, 0.25) is 0 Å². The van der Waals surface area contributed by atoms with Gasteiger partial charge < -0.3 is 23.9 Å². The standard InChI is InChI=1S/C24H25NO6/c1-15-5-10-22(16(2)11-15)25-23(26)14-30-24(27)21-12-20(31-17(21)3)13-29-19-8-6-18(28-4)7-9-19/h5-12H,13-14H2,1-4H3,(H,25,26). The molecule has 3 rings (SSSR count). The Kier molecular flexibility index (Phi) is 6.97. The quantitative estimate of drug-likeness (QED) is 0.534. The predicted molar refractivity (Wildman–Crippen MR) is 116 cm³/mol. The second-order valence-electron chi connectivity index (χ2n) is 7.09. The zero-order chi connectivity index (χ0) is 22.4. The molecule has 162 valence electrons. The Morgan fingerprint density at radius 1 is 0.968 bits per heavy atom. The summed E-state index contributed by atoms with van der Waals surface area (Å²) in [5.41, 5.74) is 2.98. The number of ether oxygens (including phenoxy) is 3. The molecule has 0 saturated carbocycles. The summed E-state index contributed by atoms with van der Waals surface area (Å²) in [7, 11) is 1.59. The molecule has 0 spiro atoms. The molecule has 1 N–H and O–H groups in total. The molecule has 0 aliphatic carbocycles. The fourth-order valence-electron chi connectivity index (χ4n) is 2.99.